The highest BCUT2D eigenvalue weighted by atomic mass is 15.1. The lowest BCUT2D eigenvalue weighted by atomic mass is 9.94. The third-order valence-electron chi connectivity index (χ3n) is 6.87. The van der Waals surface area contributed by atoms with Gasteiger partial charge in [0.1, 0.15) is 6.07 Å². The summed E-state index contributed by atoms with van der Waals surface area (Å²) in [6, 6.07) is 34.3. The second-order valence-electron chi connectivity index (χ2n) is 9.96. The van der Waals surface area contributed by atoms with E-state index in [2.05, 4.69) is 131 Å². The molecule has 5 rings (SSSR count). The molecule has 0 fully saturated rings. The minimum Gasteiger partial charge on any atom is -0.378 e. The Balaban J connectivity index is 1.44. The van der Waals surface area contributed by atoms with Crippen LogP contribution >= 0.6 is 0 Å². The normalized spacial score (nSPS) is 11.4. The first-order chi connectivity index (χ1) is 18.4. The Kier molecular flexibility index (Phi) is 6.98. The van der Waals surface area contributed by atoms with Gasteiger partial charge in [-0.05, 0) is 75.5 Å². The molecule has 0 aliphatic carbocycles. The lowest BCUT2D eigenvalue weighted by Crippen LogP contribution is -2.07. The first-order valence-corrected chi connectivity index (χ1v) is 12.7. The highest BCUT2D eigenvalue weighted by Gasteiger charge is 2.08. The van der Waals surface area contributed by atoms with Crippen LogP contribution in [0.25, 0.3) is 45.8 Å². The Morgan fingerprint density at radius 2 is 0.974 bits per heavy atom. The van der Waals surface area contributed by atoms with E-state index in [1.165, 1.54) is 11.4 Å². The third kappa shape index (κ3) is 5.31. The van der Waals surface area contributed by atoms with Gasteiger partial charge < -0.3 is 9.80 Å². The predicted molar refractivity (Wildman–Crippen MR) is 166 cm³/mol. The van der Waals surface area contributed by atoms with Crippen LogP contribution in [0, 0.1) is 11.3 Å². The third-order valence-corrected chi connectivity index (χ3v) is 6.87. The summed E-state index contributed by atoms with van der Waals surface area (Å²) >= 11 is 0. The monoisotopic (exact) mass is 493 g/mol. The van der Waals surface area contributed by atoms with Crippen LogP contribution < -0.4 is 9.80 Å². The molecule has 0 bridgehead atoms. The number of anilines is 2. The number of hydrogen-bond acceptors (Lipinski definition) is 3. The molecule has 3 heteroatoms. The maximum atomic E-state index is 10.1. The van der Waals surface area contributed by atoms with Crippen molar-refractivity contribution >= 4 is 57.2 Å². The Morgan fingerprint density at radius 3 is 1.50 bits per heavy atom. The van der Waals surface area contributed by atoms with Gasteiger partial charge in [0.05, 0.1) is 5.56 Å². The number of hydrogen-bond donors (Lipinski definition) is 0. The fourth-order valence-corrected chi connectivity index (χ4v) is 4.64. The molecule has 0 atom stereocenters. The molecule has 5 aromatic rings. The summed E-state index contributed by atoms with van der Waals surface area (Å²) in [4.78, 5) is 4.19. The van der Waals surface area contributed by atoms with Gasteiger partial charge in [-0.25, -0.2) is 0 Å². The molecule has 38 heavy (non-hydrogen) atoms. The Morgan fingerprint density at radius 1 is 0.500 bits per heavy atom. The summed E-state index contributed by atoms with van der Waals surface area (Å²) in [5.41, 5.74) is 7.56. The number of fused-ring (bicyclic) bond motifs is 2. The van der Waals surface area contributed by atoms with Crippen molar-refractivity contribution in [2.24, 2.45) is 0 Å². The van der Waals surface area contributed by atoms with E-state index < -0.39 is 0 Å². The SMILES string of the molecule is CN(C)c1ccc(/C=C/c2ccc3c(C#N)c4cc(/C=C/c5ccc(N(C)C)cc5)ccc4cc3c2)cc1. The van der Waals surface area contributed by atoms with Crippen molar-refractivity contribution < 1.29 is 0 Å². The van der Waals surface area contributed by atoms with Crippen molar-refractivity contribution in [3.8, 4) is 6.07 Å². The van der Waals surface area contributed by atoms with E-state index in [0.29, 0.717) is 0 Å². The molecule has 186 valence electrons. The van der Waals surface area contributed by atoms with Gasteiger partial charge in [0, 0.05) is 50.3 Å². The summed E-state index contributed by atoms with van der Waals surface area (Å²) < 4.78 is 0. The maximum Gasteiger partial charge on any atom is 0.100 e. The zero-order chi connectivity index (χ0) is 26.6. The lowest BCUT2D eigenvalue weighted by Gasteiger charge is -2.11. The first kappa shape index (κ1) is 24.9. The molecule has 0 saturated carbocycles. The summed E-state index contributed by atoms with van der Waals surface area (Å²) in [5, 5.41) is 14.2. The van der Waals surface area contributed by atoms with Crippen molar-refractivity contribution in [3.63, 3.8) is 0 Å². The van der Waals surface area contributed by atoms with Gasteiger partial charge in [-0.15, -0.1) is 0 Å². The molecule has 0 N–H and O–H groups in total. The minimum atomic E-state index is 0.720. The molecule has 0 aliphatic rings. The van der Waals surface area contributed by atoms with E-state index in [1.807, 2.05) is 28.2 Å². The van der Waals surface area contributed by atoms with Gasteiger partial charge in [-0.3, -0.25) is 0 Å². The summed E-state index contributed by atoms with van der Waals surface area (Å²) in [6.45, 7) is 0. The Hall–Kier alpha value is -4.81. The number of rotatable bonds is 6. The highest BCUT2D eigenvalue weighted by molar-refractivity contribution is 6.05. The molecule has 0 radical (unpaired) electrons. The van der Waals surface area contributed by atoms with Crippen LogP contribution in [0.3, 0.4) is 0 Å². The van der Waals surface area contributed by atoms with Crippen molar-refractivity contribution in [1.82, 2.24) is 0 Å². The minimum absolute atomic E-state index is 0.720. The van der Waals surface area contributed by atoms with Crippen LogP contribution in [0.5, 0.6) is 0 Å². The lowest BCUT2D eigenvalue weighted by molar-refractivity contribution is 1.13. The number of nitriles is 1. The van der Waals surface area contributed by atoms with Gasteiger partial charge in [-0.1, -0.05) is 72.8 Å². The average molecular weight is 494 g/mol. The second-order valence-corrected chi connectivity index (χ2v) is 9.96. The standard InChI is InChI=1S/C35H31N3/c1-37(2)31-16-10-25(11-17-31)5-7-27-14-20-33-30(21-27)23-29-15-9-28(22-34(29)35(33)24-36)8-6-26-12-18-32(19-13-26)38(3)4/h5-23H,1-4H3/b7-5+,8-6+. The predicted octanol–water partition coefficient (Wildman–Crippen LogP) is 8.34. The molecule has 3 nitrogen and oxygen atoms in total. The van der Waals surface area contributed by atoms with Gasteiger partial charge >= 0.3 is 0 Å². The zero-order valence-electron chi connectivity index (χ0n) is 22.3. The average Bonchev–Trinajstić information content (AvgIpc) is 2.94. The van der Waals surface area contributed by atoms with E-state index in [9.17, 15) is 5.26 Å². The molecule has 0 heterocycles. The second kappa shape index (κ2) is 10.7. The topological polar surface area (TPSA) is 30.3 Å². The highest BCUT2D eigenvalue weighted by Crippen LogP contribution is 2.30. The van der Waals surface area contributed by atoms with Gasteiger partial charge in [-0.2, -0.15) is 5.26 Å². The molecular formula is C35H31N3. The first-order valence-electron chi connectivity index (χ1n) is 12.7. The van der Waals surface area contributed by atoms with E-state index in [1.54, 1.807) is 0 Å². The molecule has 0 aromatic heterocycles. The smallest absolute Gasteiger partial charge is 0.100 e. The fraction of sp³-hybridized carbons (Fsp3) is 0.114. The fourth-order valence-electron chi connectivity index (χ4n) is 4.64. The van der Waals surface area contributed by atoms with Crippen LogP contribution in [0.4, 0.5) is 11.4 Å². The van der Waals surface area contributed by atoms with Crippen LogP contribution in [0.1, 0.15) is 27.8 Å². The molecular weight excluding hydrogens is 462 g/mol. The molecule has 0 amide bonds. The van der Waals surface area contributed by atoms with Crippen molar-refractivity contribution in [2.45, 2.75) is 0 Å². The van der Waals surface area contributed by atoms with Gasteiger partial charge in [0.15, 0.2) is 0 Å². The molecule has 0 spiro atoms. The van der Waals surface area contributed by atoms with Gasteiger partial charge in [0.2, 0.25) is 0 Å². The summed E-state index contributed by atoms with van der Waals surface area (Å²) in [5.74, 6) is 0. The quantitative estimate of drug-likeness (QED) is 0.176. The van der Waals surface area contributed by atoms with Crippen molar-refractivity contribution in [3.05, 3.63) is 119 Å². The Labute approximate surface area is 225 Å². The van der Waals surface area contributed by atoms with Crippen LogP contribution in [-0.2, 0) is 0 Å². The van der Waals surface area contributed by atoms with E-state index in [0.717, 1.165) is 49.4 Å². The van der Waals surface area contributed by atoms with E-state index in [-0.39, 0.29) is 0 Å². The molecule has 0 saturated heterocycles. The molecule has 0 unspecified atom stereocenters. The largest absolute Gasteiger partial charge is 0.378 e. The van der Waals surface area contributed by atoms with Crippen LogP contribution in [0.2, 0.25) is 0 Å². The van der Waals surface area contributed by atoms with Crippen LogP contribution in [-0.4, -0.2) is 28.2 Å². The van der Waals surface area contributed by atoms with Crippen LogP contribution in [0.15, 0.2) is 91.0 Å². The maximum absolute atomic E-state index is 10.1. The van der Waals surface area contributed by atoms with E-state index >= 15 is 0 Å². The number of nitrogens with zero attached hydrogens (tertiary/aromatic N) is 3. The van der Waals surface area contributed by atoms with Crippen molar-refractivity contribution in [2.75, 3.05) is 38.0 Å². The molecule has 0 aliphatic heterocycles. The summed E-state index contributed by atoms with van der Waals surface area (Å²) in [6.07, 6.45) is 8.47. The van der Waals surface area contributed by atoms with Crippen molar-refractivity contribution in [1.29, 1.82) is 5.26 Å². The van der Waals surface area contributed by atoms with E-state index in [4.69, 9.17) is 0 Å². The zero-order valence-corrected chi connectivity index (χ0v) is 22.3. The number of benzene rings is 5. The van der Waals surface area contributed by atoms with Gasteiger partial charge in [0.25, 0.3) is 0 Å². The Bertz CT molecular complexity index is 1700. The summed E-state index contributed by atoms with van der Waals surface area (Å²) in [7, 11) is 8.17. The molecule has 5 aromatic carbocycles.